The van der Waals surface area contributed by atoms with Gasteiger partial charge in [-0.05, 0) is 25.4 Å². The molecule has 1 aliphatic heterocycles. The first-order valence-electron chi connectivity index (χ1n) is 5.10. The SMILES string of the molecule is O=C(O)Cc1csc(CC2CCNC2)n1. The molecule has 4 nitrogen and oxygen atoms in total. The van der Waals surface area contributed by atoms with Crippen molar-refractivity contribution >= 4 is 17.3 Å². The first kappa shape index (κ1) is 10.6. The zero-order valence-corrected chi connectivity index (χ0v) is 9.22. The molecule has 0 aromatic carbocycles. The lowest BCUT2D eigenvalue weighted by Gasteiger charge is -2.03. The van der Waals surface area contributed by atoms with Crippen LogP contribution in [0.1, 0.15) is 17.1 Å². The van der Waals surface area contributed by atoms with Gasteiger partial charge < -0.3 is 10.4 Å². The number of carboxylic acids is 1. The average molecular weight is 226 g/mol. The highest BCUT2D eigenvalue weighted by atomic mass is 32.1. The summed E-state index contributed by atoms with van der Waals surface area (Å²) in [7, 11) is 0. The highest BCUT2D eigenvalue weighted by molar-refractivity contribution is 7.09. The largest absolute Gasteiger partial charge is 0.481 e. The Labute approximate surface area is 92.3 Å². The Morgan fingerprint density at radius 1 is 1.73 bits per heavy atom. The molecule has 1 fully saturated rings. The molecule has 2 N–H and O–H groups in total. The van der Waals surface area contributed by atoms with Gasteiger partial charge in [-0.3, -0.25) is 4.79 Å². The summed E-state index contributed by atoms with van der Waals surface area (Å²) in [4.78, 5) is 14.8. The fraction of sp³-hybridized carbons (Fsp3) is 0.600. The Bertz CT molecular complexity index is 345. The second-order valence-electron chi connectivity index (χ2n) is 3.87. The number of nitrogens with zero attached hydrogens (tertiary/aromatic N) is 1. The molecule has 5 heteroatoms. The summed E-state index contributed by atoms with van der Waals surface area (Å²) in [5, 5.41) is 14.9. The second kappa shape index (κ2) is 4.72. The van der Waals surface area contributed by atoms with Crippen LogP contribution in [0.15, 0.2) is 5.38 Å². The highest BCUT2D eigenvalue weighted by Crippen LogP contribution is 2.18. The Hall–Kier alpha value is -0.940. The summed E-state index contributed by atoms with van der Waals surface area (Å²) in [5.74, 6) is -0.136. The van der Waals surface area contributed by atoms with Crippen molar-refractivity contribution in [2.45, 2.75) is 19.3 Å². The van der Waals surface area contributed by atoms with Crippen LogP contribution >= 0.6 is 11.3 Å². The Morgan fingerprint density at radius 3 is 3.27 bits per heavy atom. The van der Waals surface area contributed by atoms with E-state index in [0.717, 1.165) is 24.5 Å². The van der Waals surface area contributed by atoms with Crippen molar-refractivity contribution in [1.82, 2.24) is 10.3 Å². The van der Waals surface area contributed by atoms with E-state index < -0.39 is 5.97 Å². The summed E-state index contributed by atoms with van der Waals surface area (Å²) in [6.07, 6.45) is 2.23. The lowest BCUT2D eigenvalue weighted by Crippen LogP contribution is -2.10. The Morgan fingerprint density at radius 2 is 2.60 bits per heavy atom. The summed E-state index contributed by atoms with van der Waals surface area (Å²) in [6, 6.07) is 0. The van der Waals surface area contributed by atoms with Crippen LogP contribution < -0.4 is 5.32 Å². The molecule has 2 heterocycles. The van der Waals surface area contributed by atoms with Crippen LogP contribution in [-0.4, -0.2) is 29.1 Å². The minimum Gasteiger partial charge on any atom is -0.481 e. The molecule has 1 aromatic heterocycles. The molecule has 0 bridgehead atoms. The lowest BCUT2D eigenvalue weighted by molar-refractivity contribution is -0.136. The van der Waals surface area contributed by atoms with Gasteiger partial charge in [0.15, 0.2) is 0 Å². The van der Waals surface area contributed by atoms with E-state index in [-0.39, 0.29) is 6.42 Å². The molecule has 0 amide bonds. The van der Waals surface area contributed by atoms with Crippen LogP contribution in [0.2, 0.25) is 0 Å². The molecular weight excluding hydrogens is 212 g/mol. The quantitative estimate of drug-likeness (QED) is 0.801. The van der Waals surface area contributed by atoms with Gasteiger partial charge in [0.05, 0.1) is 17.1 Å². The Balaban J connectivity index is 1.91. The second-order valence-corrected chi connectivity index (χ2v) is 4.81. The molecular formula is C10H14N2O2S. The highest BCUT2D eigenvalue weighted by Gasteiger charge is 2.16. The molecule has 2 rings (SSSR count). The molecule has 0 radical (unpaired) electrons. The summed E-state index contributed by atoms with van der Waals surface area (Å²) >= 11 is 1.58. The van der Waals surface area contributed by atoms with Crippen LogP contribution in [0.3, 0.4) is 0 Å². The average Bonchev–Trinajstić information content (AvgIpc) is 2.77. The monoisotopic (exact) mass is 226 g/mol. The number of rotatable bonds is 4. The topological polar surface area (TPSA) is 62.2 Å². The molecule has 0 saturated carbocycles. The van der Waals surface area contributed by atoms with Crippen molar-refractivity contribution in [2.75, 3.05) is 13.1 Å². The number of aliphatic carboxylic acids is 1. The third-order valence-corrected chi connectivity index (χ3v) is 3.48. The van der Waals surface area contributed by atoms with Crippen molar-refractivity contribution in [1.29, 1.82) is 0 Å². The smallest absolute Gasteiger partial charge is 0.309 e. The molecule has 0 spiro atoms. The van der Waals surface area contributed by atoms with Gasteiger partial charge in [-0.25, -0.2) is 4.98 Å². The van der Waals surface area contributed by atoms with E-state index in [0.29, 0.717) is 11.6 Å². The molecule has 1 saturated heterocycles. The number of carbonyl (C=O) groups is 1. The Kier molecular flexibility index (Phi) is 3.33. The number of hydrogen-bond acceptors (Lipinski definition) is 4. The fourth-order valence-corrected chi connectivity index (χ4v) is 2.72. The molecule has 1 aliphatic rings. The first-order valence-corrected chi connectivity index (χ1v) is 5.98. The molecule has 0 aliphatic carbocycles. The van der Waals surface area contributed by atoms with Crippen LogP contribution in [-0.2, 0) is 17.6 Å². The number of aromatic nitrogens is 1. The maximum Gasteiger partial charge on any atom is 0.309 e. The van der Waals surface area contributed by atoms with E-state index in [2.05, 4.69) is 10.3 Å². The van der Waals surface area contributed by atoms with Gasteiger partial charge in [0.2, 0.25) is 0 Å². The zero-order chi connectivity index (χ0) is 10.7. The van der Waals surface area contributed by atoms with Gasteiger partial charge in [0.25, 0.3) is 0 Å². The number of hydrogen-bond donors (Lipinski definition) is 2. The third-order valence-electron chi connectivity index (χ3n) is 2.56. The van der Waals surface area contributed by atoms with E-state index in [1.165, 1.54) is 6.42 Å². The maximum absolute atomic E-state index is 10.5. The van der Waals surface area contributed by atoms with E-state index in [1.807, 2.05) is 5.38 Å². The van der Waals surface area contributed by atoms with Crippen molar-refractivity contribution in [3.8, 4) is 0 Å². The molecule has 1 aromatic rings. The number of nitrogens with one attached hydrogen (secondary N) is 1. The minimum absolute atomic E-state index is 0.0411. The lowest BCUT2D eigenvalue weighted by atomic mass is 10.1. The molecule has 1 unspecified atom stereocenters. The van der Waals surface area contributed by atoms with Gasteiger partial charge >= 0.3 is 5.97 Å². The zero-order valence-electron chi connectivity index (χ0n) is 8.40. The molecule has 82 valence electrons. The standard InChI is InChI=1S/C10H14N2O2S/c13-10(14)4-8-6-15-9(12-8)3-7-1-2-11-5-7/h6-7,11H,1-5H2,(H,13,14). The van der Waals surface area contributed by atoms with Crippen molar-refractivity contribution in [2.24, 2.45) is 5.92 Å². The minimum atomic E-state index is -0.811. The first-order chi connectivity index (χ1) is 7.24. The van der Waals surface area contributed by atoms with Crippen LogP contribution in [0.25, 0.3) is 0 Å². The van der Waals surface area contributed by atoms with Crippen LogP contribution in [0, 0.1) is 5.92 Å². The summed E-state index contributed by atoms with van der Waals surface area (Å²) in [6.45, 7) is 2.16. The van der Waals surface area contributed by atoms with Crippen molar-refractivity contribution in [3.63, 3.8) is 0 Å². The maximum atomic E-state index is 10.5. The van der Waals surface area contributed by atoms with Gasteiger partial charge in [-0.15, -0.1) is 11.3 Å². The van der Waals surface area contributed by atoms with Gasteiger partial charge in [0, 0.05) is 11.8 Å². The third kappa shape index (κ3) is 3.00. The van der Waals surface area contributed by atoms with Gasteiger partial charge in [-0.2, -0.15) is 0 Å². The molecule has 1 atom stereocenters. The van der Waals surface area contributed by atoms with E-state index in [9.17, 15) is 4.79 Å². The van der Waals surface area contributed by atoms with Gasteiger partial charge in [0.1, 0.15) is 0 Å². The predicted molar refractivity (Wildman–Crippen MR) is 58.1 cm³/mol. The van der Waals surface area contributed by atoms with Crippen molar-refractivity contribution in [3.05, 3.63) is 16.1 Å². The van der Waals surface area contributed by atoms with Crippen molar-refractivity contribution < 1.29 is 9.90 Å². The van der Waals surface area contributed by atoms with E-state index >= 15 is 0 Å². The summed E-state index contributed by atoms with van der Waals surface area (Å²) < 4.78 is 0. The number of carboxylic acid groups (broad SMARTS) is 1. The van der Waals surface area contributed by atoms with Crippen LogP contribution in [0.4, 0.5) is 0 Å². The summed E-state index contributed by atoms with van der Waals surface area (Å²) in [5.41, 5.74) is 0.688. The normalized spacial score (nSPS) is 20.7. The predicted octanol–water partition coefficient (Wildman–Crippen LogP) is 0.922. The fourth-order valence-electron chi connectivity index (χ4n) is 1.81. The van der Waals surface area contributed by atoms with Gasteiger partial charge in [-0.1, -0.05) is 0 Å². The van der Waals surface area contributed by atoms with E-state index in [4.69, 9.17) is 5.11 Å². The number of thiazole rings is 1. The van der Waals surface area contributed by atoms with Crippen LogP contribution in [0.5, 0.6) is 0 Å². The molecule has 15 heavy (non-hydrogen) atoms. The van der Waals surface area contributed by atoms with E-state index in [1.54, 1.807) is 11.3 Å².